The second-order valence-corrected chi connectivity index (χ2v) is 5.81. The van der Waals surface area contributed by atoms with E-state index in [9.17, 15) is 4.79 Å². The molecule has 0 spiro atoms. The zero-order valence-corrected chi connectivity index (χ0v) is 13.2. The summed E-state index contributed by atoms with van der Waals surface area (Å²) in [5, 5.41) is 0.599. The highest BCUT2D eigenvalue weighted by Gasteiger charge is 2.08. The van der Waals surface area contributed by atoms with E-state index in [1.54, 1.807) is 24.3 Å². The van der Waals surface area contributed by atoms with Crippen molar-refractivity contribution in [2.45, 2.75) is 6.92 Å². The van der Waals surface area contributed by atoms with Crippen LogP contribution in [0.1, 0.15) is 15.9 Å². The quantitative estimate of drug-likeness (QED) is 0.571. The molecule has 2 aromatic carbocycles. The van der Waals surface area contributed by atoms with Crippen LogP contribution < -0.4 is 4.74 Å². The first-order chi connectivity index (χ1) is 9.06. The molecule has 0 saturated carbocycles. The van der Waals surface area contributed by atoms with Crippen molar-refractivity contribution >= 4 is 40.0 Å². The molecule has 19 heavy (non-hydrogen) atoms. The number of halogens is 2. The van der Waals surface area contributed by atoms with Gasteiger partial charge in [0.1, 0.15) is 5.75 Å². The van der Waals surface area contributed by atoms with Gasteiger partial charge in [-0.05, 0) is 59.3 Å². The second kappa shape index (κ2) is 6.39. The van der Waals surface area contributed by atoms with Crippen LogP contribution in [0.3, 0.4) is 0 Å². The van der Waals surface area contributed by atoms with Gasteiger partial charge in [-0.15, -0.1) is 0 Å². The van der Waals surface area contributed by atoms with Crippen LogP contribution in [0.25, 0.3) is 0 Å². The van der Waals surface area contributed by atoms with E-state index >= 15 is 0 Å². The molecule has 0 fully saturated rings. The van der Waals surface area contributed by atoms with Gasteiger partial charge in [-0.1, -0.05) is 29.8 Å². The van der Waals surface area contributed by atoms with E-state index < -0.39 is 0 Å². The van der Waals surface area contributed by atoms with E-state index in [0.717, 1.165) is 9.13 Å². The Morgan fingerprint density at radius 2 is 1.89 bits per heavy atom. The molecule has 0 amide bonds. The fourth-order valence-corrected chi connectivity index (χ4v) is 2.11. The van der Waals surface area contributed by atoms with Crippen LogP contribution in [0.5, 0.6) is 5.75 Å². The second-order valence-electron chi connectivity index (χ2n) is 4.13. The summed E-state index contributed by atoms with van der Waals surface area (Å²) in [6.07, 6.45) is 0. The van der Waals surface area contributed by atoms with Gasteiger partial charge in [-0.3, -0.25) is 4.79 Å². The number of carbonyl (C=O) groups is 1. The van der Waals surface area contributed by atoms with E-state index in [1.165, 1.54) is 0 Å². The molecule has 0 heterocycles. The standard InChI is InChI=1S/C15H12ClIO2/c1-10-2-5-12(16)8-15(10)19-9-14(18)11-3-6-13(17)7-4-11/h2-8H,9H2,1H3. The van der Waals surface area contributed by atoms with Crippen LogP contribution in [-0.4, -0.2) is 12.4 Å². The predicted octanol–water partition coefficient (Wildman–Crippen LogP) is 4.51. The minimum Gasteiger partial charge on any atom is -0.485 e. The largest absolute Gasteiger partial charge is 0.485 e. The summed E-state index contributed by atoms with van der Waals surface area (Å²) in [4.78, 5) is 12.0. The summed E-state index contributed by atoms with van der Waals surface area (Å²) >= 11 is 8.10. The van der Waals surface area contributed by atoms with Gasteiger partial charge in [0.05, 0.1) is 0 Å². The third kappa shape index (κ3) is 3.94. The molecule has 0 aromatic heterocycles. The highest BCUT2D eigenvalue weighted by atomic mass is 127. The SMILES string of the molecule is Cc1ccc(Cl)cc1OCC(=O)c1ccc(I)cc1. The van der Waals surface area contributed by atoms with E-state index in [2.05, 4.69) is 22.6 Å². The molecule has 2 rings (SSSR count). The van der Waals surface area contributed by atoms with E-state index in [4.69, 9.17) is 16.3 Å². The molecule has 0 aliphatic rings. The lowest BCUT2D eigenvalue weighted by Crippen LogP contribution is -2.12. The molecule has 0 atom stereocenters. The van der Waals surface area contributed by atoms with Gasteiger partial charge in [-0.25, -0.2) is 0 Å². The normalized spacial score (nSPS) is 10.3. The summed E-state index contributed by atoms with van der Waals surface area (Å²) in [6.45, 7) is 1.93. The number of rotatable bonds is 4. The van der Waals surface area contributed by atoms with Crippen LogP contribution in [0.4, 0.5) is 0 Å². The third-order valence-corrected chi connectivity index (χ3v) is 3.63. The van der Waals surface area contributed by atoms with Crippen molar-refractivity contribution in [3.05, 3.63) is 62.2 Å². The number of Topliss-reactive ketones (excluding diaryl/α,β-unsaturated/α-hetero) is 1. The van der Waals surface area contributed by atoms with Crippen LogP contribution in [0, 0.1) is 10.5 Å². The topological polar surface area (TPSA) is 26.3 Å². The Labute approximate surface area is 130 Å². The molecule has 2 nitrogen and oxygen atoms in total. The summed E-state index contributed by atoms with van der Waals surface area (Å²) in [6, 6.07) is 12.8. The van der Waals surface area contributed by atoms with Crippen LogP contribution >= 0.6 is 34.2 Å². The van der Waals surface area contributed by atoms with Crippen molar-refractivity contribution in [1.29, 1.82) is 0 Å². The van der Waals surface area contributed by atoms with Gasteiger partial charge in [0, 0.05) is 14.2 Å². The third-order valence-electron chi connectivity index (χ3n) is 2.68. The lowest BCUT2D eigenvalue weighted by atomic mass is 10.1. The molecule has 0 saturated heterocycles. The van der Waals surface area contributed by atoms with Crippen molar-refractivity contribution in [3.8, 4) is 5.75 Å². The van der Waals surface area contributed by atoms with E-state index in [-0.39, 0.29) is 12.4 Å². The molecule has 0 aliphatic carbocycles. The van der Waals surface area contributed by atoms with Crippen molar-refractivity contribution in [1.82, 2.24) is 0 Å². The summed E-state index contributed by atoms with van der Waals surface area (Å²) in [5.41, 5.74) is 1.61. The number of benzene rings is 2. The number of hydrogen-bond acceptors (Lipinski definition) is 2. The molecule has 0 aliphatic heterocycles. The molecule has 98 valence electrons. The zero-order valence-electron chi connectivity index (χ0n) is 10.3. The average molecular weight is 387 g/mol. The van der Waals surface area contributed by atoms with Crippen LogP contribution in [0.15, 0.2) is 42.5 Å². The first-order valence-electron chi connectivity index (χ1n) is 5.74. The zero-order chi connectivity index (χ0) is 13.8. The first-order valence-corrected chi connectivity index (χ1v) is 7.19. The number of ether oxygens (including phenoxy) is 1. The molecule has 0 bridgehead atoms. The maximum absolute atomic E-state index is 12.0. The highest BCUT2D eigenvalue weighted by molar-refractivity contribution is 14.1. The fourth-order valence-electron chi connectivity index (χ4n) is 1.59. The summed E-state index contributed by atoms with van der Waals surface area (Å²) in [7, 11) is 0. The van der Waals surface area contributed by atoms with Crippen molar-refractivity contribution < 1.29 is 9.53 Å². The average Bonchev–Trinajstić information content (AvgIpc) is 2.40. The molecule has 0 radical (unpaired) electrons. The highest BCUT2D eigenvalue weighted by Crippen LogP contribution is 2.22. The van der Waals surface area contributed by atoms with E-state index in [0.29, 0.717) is 16.3 Å². The maximum Gasteiger partial charge on any atom is 0.200 e. The summed E-state index contributed by atoms with van der Waals surface area (Å²) in [5.74, 6) is 0.599. The maximum atomic E-state index is 12.0. The lowest BCUT2D eigenvalue weighted by Gasteiger charge is -2.09. The van der Waals surface area contributed by atoms with Crippen LogP contribution in [-0.2, 0) is 0 Å². The number of aryl methyl sites for hydroxylation is 1. The Kier molecular flexibility index (Phi) is 4.82. The van der Waals surface area contributed by atoms with E-state index in [1.807, 2.05) is 25.1 Å². The molecular weight excluding hydrogens is 375 g/mol. The molecule has 2 aromatic rings. The van der Waals surface area contributed by atoms with Crippen molar-refractivity contribution in [2.24, 2.45) is 0 Å². The smallest absolute Gasteiger partial charge is 0.200 e. The Morgan fingerprint density at radius 1 is 1.21 bits per heavy atom. The fraction of sp³-hybridized carbons (Fsp3) is 0.133. The number of carbonyl (C=O) groups excluding carboxylic acids is 1. The minimum atomic E-state index is -0.0456. The Bertz CT molecular complexity index is 594. The minimum absolute atomic E-state index is 0.0156. The molecular formula is C15H12ClIO2. The summed E-state index contributed by atoms with van der Waals surface area (Å²) < 4.78 is 6.63. The van der Waals surface area contributed by atoms with Gasteiger partial charge >= 0.3 is 0 Å². The van der Waals surface area contributed by atoms with Gasteiger partial charge < -0.3 is 4.74 Å². The number of ketones is 1. The van der Waals surface area contributed by atoms with Gasteiger partial charge in [0.15, 0.2) is 12.4 Å². The Hall–Kier alpha value is -1.07. The van der Waals surface area contributed by atoms with Gasteiger partial charge in [-0.2, -0.15) is 0 Å². The Balaban J connectivity index is 2.04. The molecule has 0 unspecified atom stereocenters. The molecule has 4 heteroatoms. The predicted molar refractivity (Wildman–Crippen MR) is 85.2 cm³/mol. The monoisotopic (exact) mass is 386 g/mol. The number of hydrogen-bond donors (Lipinski definition) is 0. The Morgan fingerprint density at radius 3 is 2.58 bits per heavy atom. The van der Waals surface area contributed by atoms with Gasteiger partial charge in [0.2, 0.25) is 0 Å². The van der Waals surface area contributed by atoms with Crippen molar-refractivity contribution in [2.75, 3.05) is 6.61 Å². The van der Waals surface area contributed by atoms with Crippen LogP contribution in [0.2, 0.25) is 5.02 Å². The van der Waals surface area contributed by atoms with Gasteiger partial charge in [0.25, 0.3) is 0 Å². The molecule has 0 N–H and O–H groups in total. The lowest BCUT2D eigenvalue weighted by molar-refractivity contribution is 0.0921. The first kappa shape index (κ1) is 14.3. The van der Waals surface area contributed by atoms with Crippen molar-refractivity contribution in [3.63, 3.8) is 0 Å².